The molecule has 1 aromatic carbocycles. The SMILES string of the molecule is C#C/C=C(Cl)\C=C/C[C@H]1[C@H](C(=O)NCc2cccc(C(=O)O)n2)c2ccccc2C(=O)N1[C@H]1CCCC[C@@H]1NS(C)(=O)=O. The van der Waals surface area contributed by atoms with Gasteiger partial charge in [0.1, 0.15) is 5.69 Å². The Morgan fingerprint density at radius 2 is 1.93 bits per heavy atom. The number of hydrogen-bond donors (Lipinski definition) is 3. The zero-order valence-electron chi connectivity index (χ0n) is 23.6. The number of pyridine rings is 1. The van der Waals surface area contributed by atoms with Crippen molar-refractivity contribution in [3.05, 3.63) is 88.2 Å². The van der Waals surface area contributed by atoms with E-state index in [0.29, 0.717) is 34.7 Å². The van der Waals surface area contributed by atoms with E-state index >= 15 is 0 Å². The second-order valence-electron chi connectivity index (χ2n) is 10.6. The Hall–Kier alpha value is -3.98. The number of carbonyl (C=O) groups excluding carboxylic acids is 2. The van der Waals surface area contributed by atoms with Gasteiger partial charge in [-0.2, -0.15) is 0 Å². The van der Waals surface area contributed by atoms with Gasteiger partial charge in [-0.3, -0.25) is 9.59 Å². The summed E-state index contributed by atoms with van der Waals surface area (Å²) in [5.74, 6) is -0.341. The Bertz CT molecular complexity index is 1600. The quantitative estimate of drug-likeness (QED) is 0.271. The van der Waals surface area contributed by atoms with Crippen molar-refractivity contribution >= 4 is 39.4 Å². The lowest BCUT2D eigenvalue weighted by atomic mass is 9.77. The summed E-state index contributed by atoms with van der Waals surface area (Å²) >= 11 is 6.19. The highest BCUT2D eigenvalue weighted by Gasteiger charge is 2.47. The number of rotatable bonds is 10. The number of fused-ring (bicyclic) bond motifs is 1. The molecule has 4 atom stereocenters. The second-order valence-corrected chi connectivity index (χ2v) is 12.8. The van der Waals surface area contributed by atoms with Gasteiger partial charge in [0.25, 0.3) is 5.91 Å². The number of aromatic carboxylic acids is 1. The van der Waals surface area contributed by atoms with Crippen molar-refractivity contribution in [1.29, 1.82) is 0 Å². The number of allylic oxidation sites excluding steroid dienone is 3. The highest BCUT2D eigenvalue weighted by atomic mass is 35.5. The third kappa shape index (κ3) is 7.90. The average molecular weight is 625 g/mol. The third-order valence-electron chi connectivity index (χ3n) is 7.58. The van der Waals surface area contributed by atoms with E-state index in [1.54, 1.807) is 53.5 Å². The first-order chi connectivity index (χ1) is 20.5. The van der Waals surface area contributed by atoms with E-state index in [2.05, 4.69) is 20.9 Å². The van der Waals surface area contributed by atoms with Crippen LogP contribution >= 0.6 is 11.6 Å². The summed E-state index contributed by atoms with van der Waals surface area (Å²) in [5.41, 5.74) is 1.12. The first kappa shape index (κ1) is 31.9. The summed E-state index contributed by atoms with van der Waals surface area (Å²) < 4.78 is 27.3. The molecular formula is C31H33ClN4O6S. The molecule has 1 aliphatic carbocycles. The maximum Gasteiger partial charge on any atom is 0.354 e. The minimum absolute atomic E-state index is 0.0342. The molecule has 1 fully saturated rings. The van der Waals surface area contributed by atoms with Crippen LogP contribution in [0.25, 0.3) is 0 Å². The molecule has 0 bridgehead atoms. The average Bonchev–Trinajstić information content (AvgIpc) is 2.96. The van der Waals surface area contributed by atoms with Gasteiger partial charge in [-0.25, -0.2) is 22.9 Å². The largest absolute Gasteiger partial charge is 0.477 e. The zero-order chi connectivity index (χ0) is 31.1. The normalized spacial score (nSPS) is 22.6. The number of carbonyl (C=O) groups is 3. The number of nitrogens with zero attached hydrogens (tertiary/aromatic N) is 2. The molecule has 2 aromatic rings. The molecule has 0 unspecified atom stereocenters. The van der Waals surface area contributed by atoms with Crippen molar-refractivity contribution in [3.63, 3.8) is 0 Å². The molecule has 0 spiro atoms. The van der Waals surface area contributed by atoms with Gasteiger partial charge in [-0.15, -0.1) is 6.42 Å². The van der Waals surface area contributed by atoms with Crippen molar-refractivity contribution in [2.24, 2.45) is 0 Å². The molecule has 12 heteroatoms. The highest BCUT2D eigenvalue weighted by molar-refractivity contribution is 7.88. The Balaban J connectivity index is 1.76. The van der Waals surface area contributed by atoms with Gasteiger partial charge < -0.3 is 15.3 Å². The van der Waals surface area contributed by atoms with Crippen molar-refractivity contribution in [1.82, 2.24) is 19.9 Å². The standard InChI is InChI=1S/C31H33ClN4O6S/c1-3-10-20(32)11-8-18-27-28(29(37)33-19-21-12-9-16-25(34-21)31(39)40)22-13-4-5-14-23(22)30(38)36(27)26-17-7-6-15-24(26)35-43(2,41)42/h1,4-5,8-14,16,24,26-28,35H,6-7,15,17-19H2,2H3,(H,33,37)(H,39,40)/b11-8-,20-10+/t24-,26-,27-,28+/m0/s1. The predicted octanol–water partition coefficient (Wildman–Crippen LogP) is 3.57. The van der Waals surface area contributed by atoms with Crippen molar-refractivity contribution < 1.29 is 27.9 Å². The van der Waals surface area contributed by atoms with E-state index in [1.165, 1.54) is 12.1 Å². The lowest BCUT2D eigenvalue weighted by Crippen LogP contribution is -2.62. The molecule has 1 saturated carbocycles. The Labute approximate surface area is 256 Å². The fourth-order valence-corrected chi connectivity index (χ4v) is 6.85. The summed E-state index contributed by atoms with van der Waals surface area (Å²) in [6, 6.07) is 9.70. The zero-order valence-corrected chi connectivity index (χ0v) is 25.1. The number of terminal acetylenes is 1. The van der Waals surface area contributed by atoms with E-state index in [0.717, 1.165) is 19.1 Å². The lowest BCUT2D eigenvalue weighted by Gasteiger charge is -2.48. The summed E-state index contributed by atoms with van der Waals surface area (Å²) in [4.78, 5) is 45.3. The molecule has 2 heterocycles. The number of carboxylic acid groups (broad SMARTS) is 1. The molecule has 0 radical (unpaired) electrons. The van der Waals surface area contributed by atoms with Crippen LogP contribution in [0.15, 0.2) is 65.7 Å². The fraction of sp³-hybridized carbons (Fsp3) is 0.355. The third-order valence-corrected chi connectivity index (χ3v) is 8.55. The van der Waals surface area contributed by atoms with Crippen LogP contribution in [0.5, 0.6) is 0 Å². The smallest absolute Gasteiger partial charge is 0.354 e. The van der Waals surface area contributed by atoms with E-state index in [9.17, 15) is 27.9 Å². The van der Waals surface area contributed by atoms with Crippen LogP contribution in [0.2, 0.25) is 0 Å². The van der Waals surface area contributed by atoms with E-state index < -0.39 is 40.0 Å². The number of carboxylic acids is 1. The van der Waals surface area contributed by atoms with Crippen molar-refractivity contribution in [2.75, 3.05) is 6.26 Å². The highest BCUT2D eigenvalue weighted by Crippen LogP contribution is 2.39. The van der Waals surface area contributed by atoms with Gasteiger partial charge in [-0.1, -0.05) is 60.7 Å². The molecule has 43 heavy (non-hydrogen) atoms. The van der Waals surface area contributed by atoms with Crippen LogP contribution in [-0.4, -0.2) is 65.6 Å². The van der Waals surface area contributed by atoms with Gasteiger partial charge in [-0.05, 0) is 49.1 Å². The Morgan fingerprint density at radius 1 is 1.19 bits per heavy atom. The van der Waals surface area contributed by atoms with Gasteiger partial charge in [0, 0.05) is 28.8 Å². The maximum absolute atomic E-state index is 14.1. The molecule has 2 aliphatic rings. The van der Waals surface area contributed by atoms with Crippen LogP contribution < -0.4 is 10.0 Å². The molecule has 10 nitrogen and oxygen atoms in total. The van der Waals surface area contributed by atoms with E-state index in [4.69, 9.17) is 18.0 Å². The minimum Gasteiger partial charge on any atom is -0.477 e. The molecule has 4 rings (SSSR count). The predicted molar refractivity (Wildman–Crippen MR) is 163 cm³/mol. The summed E-state index contributed by atoms with van der Waals surface area (Å²) in [5, 5.41) is 12.5. The van der Waals surface area contributed by atoms with Crippen LogP contribution in [0.3, 0.4) is 0 Å². The molecule has 3 N–H and O–H groups in total. The van der Waals surface area contributed by atoms with Crippen LogP contribution in [0, 0.1) is 12.3 Å². The number of sulfonamides is 1. The van der Waals surface area contributed by atoms with Gasteiger partial charge >= 0.3 is 5.97 Å². The second kappa shape index (κ2) is 14.0. The van der Waals surface area contributed by atoms with Crippen LogP contribution in [-0.2, 0) is 21.4 Å². The monoisotopic (exact) mass is 624 g/mol. The molecule has 1 aromatic heterocycles. The Morgan fingerprint density at radius 3 is 2.65 bits per heavy atom. The van der Waals surface area contributed by atoms with E-state index in [-0.39, 0.29) is 30.5 Å². The number of amides is 2. The summed E-state index contributed by atoms with van der Waals surface area (Å²) in [6.07, 6.45) is 14.1. The van der Waals surface area contributed by atoms with E-state index in [1.807, 2.05) is 0 Å². The number of nitrogens with one attached hydrogen (secondary N) is 2. The lowest BCUT2D eigenvalue weighted by molar-refractivity contribution is -0.124. The molecule has 226 valence electrons. The number of benzene rings is 1. The summed E-state index contributed by atoms with van der Waals surface area (Å²) in [6.45, 7) is -0.0342. The molecule has 1 aliphatic heterocycles. The first-order valence-corrected chi connectivity index (χ1v) is 16.1. The van der Waals surface area contributed by atoms with Gasteiger partial charge in [0.15, 0.2) is 0 Å². The minimum atomic E-state index is -3.58. The van der Waals surface area contributed by atoms with Crippen molar-refractivity contribution in [3.8, 4) is 12.3 Å². The van der Waals surface area contributed by atoms with Crippen LogP contribution in [0.1, 0.15) is 70.1 Å². The Kier molecular flexibility index (Phi) is 10.4. The number of aromatic nitrogens is 1. The summed E-state index contributed by atoms with van der Waals surface area (Å²) in [7, 11) is -3.58. The maximum atomic E-state index is 14.1. The molecule has 2 amide bonds. The molecule has 0 saturated heterocycles. The van der Waals surface area contributed by atoms with Gasteiger partial charge in [0.05, 0.1) is 30.5 Å². The first-order valence-electron chi connectivity index (χ1n) is 13.8. The number of hydrogen-bond acceptors (Lipinski definition) is 6. The topological polar surface area (TPSA) is 146 Å². The number of halogens is 1. The van der Waals surface area contributed by atoms with Gasteiger partial charge in [0.2, 0.25) is 15.9 Å². The fourth-order valence-electron chi connectivity index (χ4n) is 5.87. The van der Waals surface area contributed by atoms with Crippen molar-refractivity contribution in [2.45, 2.75) is 62.7 Å². The molecular weight excluding hydrogens is 592 g/mol. The van der Waals surface area contributed by atoms with Crippen LogP contribution in [0.4, 0.5) is 0 Å².